The maximum Gasteiger partial charge on any atom is 0.266 e. The molecular formula is C29H30ClN3O3. The largest absolute Gasteiger partial charge is 0.497 e. The van der Waals surface area contributed by atoms with E-state index in [4.69, 9.17) is 21.3 Å². The van der Waals surface area contributed by atoms with Gasteiger partial charge in [0.1, 0.15) is 11.6 Å². The van der Waals surface area contributed by atoms with Gasteiger partial charge in [-0.2, -0.15) is 0 Å². The van der Waals surface area contributed by atoms with Crippen LogP contribution in [0.25, 0.3) is 16.6 Å². The predicted molar refractivity (Wildman–Crippen MR) is 145 cm³/mol. The molecule has 0 aliphatic heterocycles. The molecule has 0 N–H and O–H groups in total. The van der Waals surface area contributed by atoms with Crippen LogP contribution in [0.3, 0.4) is 0 Å². The smallest absolute Gasteiger partial charge is 0.266 e. The van der Waals surface area contributed by atoms with Gasteiger partial charge in [-0.25, -0.2) is 4.98 Å². The molecule has 0 bridgehead atoms. The van der Waals surface area contributed by atoms with E-state index < -0.39 is 6.04 Å². The van der Waals surface area contributed by atoms with E-state index >= 15 is 0 Å². The number of fused-ring (bicyclic) bond motifs is 1. The first-order valence-corrected chi connectivity index (χ1v) is 12.1. The average Bonchev–Trinajstić information content (AvgIpc) is 2.87. The van der Waals surface area contributed by atoms with Crippen LogP contribution in [0, 0.1) is 0 Å². The van der Waals surface area contributed by atoms with Crippen molar-refractivity contribution in [2.24, 2.45) is 0 Å². The van der Waals surface area contributed by atoms with Gasteiger partial charge in [-0.05, 0) is 66.4 Å². The summed E-state index contributed by atoms with van der Waals surface area (Å²) in [5.74, 6) is 0.912. The quantitative estimate of drug-likeness (QED) is 0.326. The first-order chi connectivity index (χ1) is 17.0. The lowest BCUT2D eigenvalue weighted by atomic mass is 9.86. The molecule has 3 aromatic carbocycles. The summed E-state index contributed by atoms with van der Waals surface area (Å²) < 4.78 is 6.81. The van der Waals surface area contributed by atoms with Gasteiger partial charge in [0.2, 0.25) is 0 Å². The summed E-state index contributed by atoms with van der Waals surface area (Å²) in [6.45, 7) is 8.25. The van der Waals surface area contributed by atoms with Crippen molar-refractivity contribution < 1.29 is 9.53 Å². The third-order valence-corrected chi connectivity index (χ3v) is 6.78. The lowest BCUT2D eigenvalue weighted by Gasteiger charge is -2.27. The zero-order valence-corrected chi connectivity index (χ0v) is 22.1. The molecule has 1 unspecified atom stereocenters. The number of hydrogen-bond acceptors (Lipinski definition) is 4. The molecule has 186 valence electrons. The molecule has 0 aliphatic carbocycles. The summed E-state index contributed by atoms with van der Waals surface area (Å²) in [5.41, 5.74) is 2.47. The first-order valence-electron chi connectivity index (χ1n) is 11.8. The molecule has 0 radical (unpaired) electrons. The summed E-state index contributed by atoms with van der Waals surface area (Å²) in [7, 11) is 3.30. The van der Waals surface area contributed by atoms with Gasteiger partial charge in [-0.1, -0.05) is 50.6 Å². The Balaban J connectivity index is 1.82. The molecule has 0 aliphatic rings. The highest BCUT2D eigenvalue weighted by Crippen LogP contribution is 2.28. The normalized spacial score (nSPS) is 12.4. The molecule has 1 heterocycles. The molecule has 0 saturated heterocycles. The number of amides is 1. The van der Waals surface area contributed by atoms with Gasteiger partial charge in [0, 0.05) is 12.6 Å². The Hall–Kier alpha value is -3.64. The second-order valence-corrected chi connectivity index (χ2v) is 10.3. The second-order valence-electron chi connectivity index (χ2n) is 9.86. The van der Waals surface area contributed by atoms with Crippen molar-refractivity contribution in [1.29, 1.82) is 0 Å². The third kappa shape index (κ3) is 4.73. The molecule has 1 atom stereocenters. The van der Waals surface area contributed by atoms with Gasteiger partial charge in [-0.15, -0.1) is 0 Å². The van der Waals surface area contributed by atoms with E-state index in [0.717, 1.165) is 5.56 Å². The van der Waals surface area contributed by atoms with Crippen LogP contribution in [0.4, 0.5) is 0 Å². The summed E-state index contributed by atoms with van der Waals surface area (Å²) in [6.07, 6.45) is 0. The summed E-state index contributed by atoms with van der Waals surface area (Å²) in [4.78, 5) is 33.5. The number of carbonyl (C=O) groups is 1. The highest BCUT2D eigenvalue weighted by atomic mass is 35.5. The number of aromatic nitrogens is 2. The molecule has 6 nitrogen and oxygen atoms in total. The Morgan fingerprint density at radius 3 is 2.25 bits per heavy atom. The van der Waals surface area contributed by atoms with Crippen molar-refractivity contribution >= 4 is 28.4 Å². The van der Waals surface area contributed by atoms with Crippen molar-refractivity contribution in [3.63, 3.8) is 0 Å². The van der Waals surface area contributed by atoms with E-state index in [2.05, 4.69) is 20.8 Å². The fraction of sp³-hybridized carbons (Fsp3) is 0.276. The van der Waals surface area contributed by atoms with E-state index in [1.165, 1.54) is 4.57 Å². The van der Waals surface area contributed by atoms with Gasteiger partial charge in [0.15, 0.2) is 0 Å². The fourth-order valence-corrected chi connectivity index (χ4v) is 4.33. The van der Waals surface area contributed by atoms with E-state index in [1.807, 2.05) is 31.2 Å². The van der Waals surface area contributed by atoms with Crippen LogP contribution in [0.15, 0.2) is 71.5 Å². The number of para-hydroxylation sites is 1. The average molecular weight is 504 g/mol. The maximum atomic E-state index is 13.7. The molecule has 0 spiro atoms. The Labute approximate surface area is 216 Å². The van der Waals surface area contributed by atoms with Crippen molar-refractivity contribution in [2.45, 2.75) is 39.2 Å². The van der Waals surface area contributed by atoms with Crippen LogP contribution >= 0.6 is 11.6 Å². The number of nitrogens with zero attached hydrogens (tertiary/aromatic N) is 3. The van der Waals surface area contributed by atoms with Crippen LogP contribution < -0.4 is 10.3 Å². The number of ether oxygens (including phenoxy) is 1. The predicted octanol–water partition coefficient (Wildman–Crippen LogP) is 6.18. The van der Waals surface area contributed by atoms with Crippen LogP contribution in [0.1, 0.15) is 55.5 Å². The Bertz CT molecular complexity index is 1470. The molecular weight excluding hydrogens is 474 g/mol. The highest BCUT2D eigenvalue weighted by molar-refractivity contribution is 6.35. The van der Waals surface area contributed by atoms with Gasteiger partial charge < -0.3 is 9.64 Å². The van der Waals surface area contributed by atoms with Crippen molar-refractivity contribution in [3.05, 3.63) is 99.1 Å². The minimum Gasteiger partial charge on any atom is -0.497 e. The van der Waals surface area contributed by atoms with Crippen LogP contribution in [-0.2, 0) is 5.41 Å². The van der Waals surface area contributed by atoms with Crippen LogP contribution in [-0.4, -0.2) is 34.5 Å². The molecule has 4 rings (SSSR count). The minimum atomic E-state index is -0.532. The van der Waals surface area contributed by atoms with E-state index in [9.17, 15) is 9.59 Å². The van der Waals surface area contributed by atoms with E-state index in [-0.39, 0.29) is 16.9 Å². The second kappa shape index (κ2) is 9.78. The van der Waals surface area contributed by atoms with Gasteiger partial charge in [0.05, 0.1) is 34.8 Å². The first kappa shape index (κ1) is 25.5. The summed E-state index contributed by atoms with van der Waals surface area (Å²) in [5, 5.41) is 0.785. The molecule has 7 heteroatoms. The lowest BCUT2D eigenvalue weighted by Crippen LogP contribution is -2.35. The summed E-state index contributed by atoms with van der Waals surface area (Å²) in [6, 6.07) is 19.4. The number of hydrogen-bond donors (Lipinski definition) is 0. The van der Waals surface area contributed by atoms with Crippen LogP contribution in [0.5, 0.6) is 5.75 Å². The number of rotatable bonds is 5. The molecule has 1 amide bonds. The Kier molecular flexibility index (Phi) is 6.92. The van der Waals surface area contributed by atoms with E-state index in [1.54, 1.807) is 61.5 Å². The highest BCUT2D eigenvalue weighted by Gasteiger charge is 2.26. The van der Waals surface area contributed by atoms with Gasteiger partial charge in [-0.3, -0.25) is 14.2 Å². The van der Waals surface area contributed by atoms with Crippen LogP contribution in [0.2, 0.25) is 5.02 Å². The standard InChI is InChI=1S/C29H30ClN3O3/c1-18(32(5)27(34)19-10-12-20(13-11-19)29(2,3)4)26-31-25-23(8-7-9-24(25)30)28(35)33(26)21-14-16-22(36-6)17-15-21/h7-18H,1-6H3. The van der Waals surface area contributed by atoms with Gasteiger partial charge in [0.25, 0.3) is 11.5 Å². The van der Waals surface area contributed by atoms with Crippen molar-refractivity contribution in [2.75, 3.05) is 14.2 Å². The molecule has 1 aromatic heterocycles. The molecule has 4 aromatic rings. The third-order valence-electron chi connectivity index (χ3n) is 6.48. The van der Waals surface area contributed by atoms with Crippen molar-refractivity contribution in [1.82, 2.24) is 14.5 Å². The SMILES string of the molecule is COc1ccc(-n2c(C(C)N(C)C(=O)c3ccc(C(C)(C)C)cc3)nc3c(Cl)cccc3c2=O)cc1. The number of benzene rings is 3. The zero-order valence-electron chi connectivity index (χ0n) is 21.4. The number of methoxy groups -OCH3 is 1. The fourth-order valence-electron chi connectivity index (χ4n) is 4.12. The van der Waals surface area contributed by atoms with Gasteiger partial charge >= 0.3 is 0 Å². The Morgan fingerprint density at radius 1 is 1.03 bits per heavy atom. The molecule has 0 fully saturated rings. The summed E-state index contributed by atoms with van der Waals surface area (Å²) >= 11 is 6.43. The maximum absolute atomic E-state index is 13.7. The minimum absolute atomic E-state index is 0.0104. The number of halogens is 1. The monoisotopic (exact) mass is 503 g/mol. The lowest BCUT2D eigenvalue weighted by molar-refractivity contribution is 0.0735. The zero-order chi connectivity index (χ0) is 26.2. The van der Waals surface area contributed by atoms with E-state index in [0.29, 0.717) is 38.8 Å². The molecule has 36 heavy (non-hydrogen) atoms. The number of carbonyl (C=O) groups excluding carboxylic acids is 1. The van der Waals surface area contributed by atoms with Crippen molar-refractivity contribution in [3.8, 4) is 11.4 Å². The molecule has 0 saturated carbocycles. The Morgan fingerprint density at radius 2 is 1.67 bits per heavy atom. The topological polar surface area (TPSA) is 64.4 Å².